The Morgan fingerprint density at radius 3 is 2.50 bits per heavy atom. The first-order valence-electron chi connectivity index (χ1n) is 2.97. The van der Waals surface area contributed by atoms with Gasteiger partial charge in [-0.25, -0.2) is 0 Å². The van der Waals surface area contributed by atoms with Gasteiger partial charge in [0.1, 0.15) is 0 Å². The van der Waals surface area contributed by atoms with Crippen molar-refractivity contribution in [3.05, 3.63) is 7.05 Å². The Hall–Kier alpha value is -0.0800. The molecule has 0 bridgehead atoms. The maximum absolute atomic E-state index is 9.09. The molecule has 0 saturated carbocycles. The van der Waals surface area contributed by atoms with Crippen LogP contribution in [0, 0.1) is 7.05 Å². The van der Waals surface area contributed by atoms with Crippen molar-refractivity contribution in [2.45, 2.75) is 25.5 Å². The summed E-state index contributed by atoms with van der Waals surface area (Å²) in [5.74, 6) is 0. The highest BCUT2D eigenvalue weighted by molar-refractivity contribution is 4.82. The van der Waals surface area contributed by atoms with Crippen molar-refractivity contribution >= 4 is 0 Å². The molecule has 0 radical (unpaired) electrons. The predicted octanol–water partition coefficient (Wildman–Crippen LogP) is 0.233. The summed E-state index contributed by atoms with van der Waals surface area (Å²) >= 11 is 0. The van der Waals surface area contributed by atoms with Gasteiger partial charge in [0.2, 0.25) is 0 Å². The lowest BCUT2D eigenvalue weighted by atomic mass is 10.2. The summed E-state index contributed by atoms with van der Waals surface area (Å²) in [6, 6.07) is 0.259. The molecule has 0 spiro atoms. The van der Waals surface area contributed by atoms with Crippen LogP contribution in [0.5, 0.6) is 0 Å². The van der Waals surface area contributed by atoms with Crippen LogP contribution in [0.3, 0.4) is 0 Å². The summed E-state index contributed by atoms with van der Waals surface area (Å²) in [6.45, 7) is 2.92. The lowest BCUT2D eigenvalue weighted by molar-refractivity contribution is 0.142. The predicted molar refractivity (Wildman–Crippen MR) is 32.1 cm³/mol. The van der Waals surface area contributed by atoms with E-state index in [1.54, 1.807) is 0 Å². The summed E-state index contributed by atoms with van der Waals surface area (Å²) in [4.78, 5) is 1.92. The van der Waals surface area contributed by atoms with E-state index in [1.165, 1.54) is 0 Å². The van der Waals surface area contributed by atoms with Crippen molar-refractivity contribution in [1.29, 1.82) is 0 Å². The first-order valence-corrected chi connectivity index (χ1v) is 2.97. The summed E-state index contributed by atoms with van der Waals surface area (Å²) in [6.07, 6.45) is 0.734. The third-order valence-corrected chi connectivity index (χ3v) is 1.84. The molecule has 1 fully saturated rings. The fraction of sp³-hybridized carbons (Fsp3) is 0.833. The molecule has 0 aromatic rings. The number of hydrogen-bond acceptors (Lipinski definition) is 2. The highest BCUT2D eigenvalue weighted by atomic mass is 16.3. The minimum Gasteiger partial charge on any atom is -0.455 e. The summed E-state index contributed by atoms with van der Waals surface area (Å²) in [7, 11) is 3.74. The molecule has 2 heteroatoms. The Morgan fingerprint density at radius 2 is 2.38 bits per heavy atom. The second kappa shape index (κ2) is 2.03. The molecule has 0 aliphatic carbocycles. The Kier molecular flexibility index (Phi) is 1.54. The third-order valence-electron chi connectivity index (χ3n) is 1.84. The van der Waals surface area contributed by atoms with Crippen LogP contribution < -0.4 is 0 Å². The lowest BCUT2D eigenvalue weighted by Crippen LogP contribution is -2.26. The maximum atomic E-state index is 9.09. The average molecular weight is 114 g/mol. The van der Waals surface area contributed by atoms with E-state index < -0.39 is 0 Å². The zero-order valence-electron chi connectivity index (χ0n) is 5.17. The topological polar surface area (TPSA) is 23.5 Å². The number of nitrogens with zero attached hydrogens (tertiary/aromatic N) is 1. The maximum Gasteiger partial charge on any atom is 0.0680 e. The van der Waals surface area contributed by atoms with E-state index in [9.17, 15) is 0 Å². The van der Waals surface area contributed by atoms with Crippen LogP contribution in [0.25, 0.3) is 0 Å². The van der Waals surface area contributed by atoms with Crippen molar-refractivity contribution in [3.8, 4) is 0 Å². The average Bonchev–Trinajstić information content (AvgIpc) is 1.98. The first-order chi connectivity index (χ1) is 3.72. The van der Waals surface area contributed by atoms with Gasteiger partial charge in [-0.1, -0.05) is 0 Å². The van der Waals surface area contributed by atoms with Crippen LogP contribution in [0.15, 0.2) is 0 Å². The molecular formula is C6H12NO-. The van der Waals surface area contributed by atoms with Gasteiger partial charge in [-0.2, -0.15) is 0 Å². The monoisotopic (exact) mass is 114 g/mol. The number of hydrogen-bond donors (Lipinski definition) is 1. The van der Waals surface area contributed by atoms with E-state index in [0.29, 0.717) is 0 Å². The molecule has 0 amide bonds. The molecule has 1 rings (SSSR count). The highest BCUT2D eigenvalue weighted by Gasteiger charge is 2.20. The normalized spacial score (nSPS) is 40.9. The molecular weight excluding hydrogens is 102 g/mol. The van der Waals surface area contributed by atoms with E-state index in [2.05, 4.69) is 7.05 Å². The Labute approximate surface area is 50.1 Å². The Morgan fingerprint density at radius 1 is 1.75 bits per heavy atom. The fourth-order valence-electron chi connectivity index (χ4n) is 0.986. The van der Waals surface area contributed by atoms with Crippen molar-refractivity contribution < 1.29 is 5.11 Å². The van der Waals surface area contributed by atoms with Gasteiger partial charge in [-0.3, -0.25) is 7.05 Å². The van der Waals surface area contributed by atoms with Gasteiger partial charge >= 0.3 is 0 Å². The molecule has 8 heavy (non-hydrogen) atoms. The van der Waals surface area contributed by atoms with Gasteiger partial charge in [-0.15, -0.1) is 0 Å². The second-order valence-electron chi connectivity index (χ2n) is 2.41. The molecule has 1 heterocycles. The number of rotatable bonds is 0. The van der Waals surface area contributed by atoms with E-state index >= 15 is 0 Å². The van der Waals surface area contributed by atoms with Gasteiger partial charge in [-0.05, 0) is 19.9 Å². The number of likely N-dealkylation sites (tertiary alicyclic amines) is 1. The molecule has 1 aliphatic heterocycles. The quantitative estimate of drug-likeness (QED) is 0.456. The second-order valence-corrected chi connectivity index (χ2v) is 2.41. The summed E-state index contributed by atoms with van der Waals surface area (Å²) < 4.78 is 0. The van der Waals surface area contributed by atoms with Crippen LogP contribution in [0.4, 0.5) is 0 Å². The molecule has 2 nitrogen and oxygen atoms in total. The van der Waals surface area contributed by atoms with Gasteiger partial charge in [0.05, 0.1) is 6.10 Å². The van der Waals surface area contributed by atoms with Crippen molar-refractivity contribution in [1.82, 2.24) is 4.90 Å². The molecule has 1 saturated heterocycles. The molecule has 48 valence electrons. The fourth-order valence-corrected chi connectivity index (χ4v) is 0.986. The van der Waals surface area contributed by atoms with Gasteiger partial charge in [0.25, 0.3) is 0 Å². The van der Waals surface area contributed by atoms with Gasteiger partial charge in [0.15, 0.2) is 0 Å². The van der Waals surface area contributed by atoms with Crippen LogP contribution >= 0.6 is 0 Å². The van der Waals surface area contributed by atoms with Gasteiger partial charge < -0.3 is 10.0 Å². The van der Waals surface area contributed by atoms with Crippen LogP contribution in [-0.2, 0) is 0 Å². The first kappa shape index (κ1) is 6.05. The third kappa shape index (κ3) is 0.858. The zero-order valence-corrected chi connectivity index (χ0v) is 5.17. The Bertz CT molecular complexity index is 74.6. The summed E-state index contributed by atoms with van der Waals surface area (Å²) in [5.41, 5.74) is 0. The molecule has 1 N–H and O–H groups in total. The Balaban J connectivity index is 2.44. The summed E-state index contributed by atoms with van der Waals surface area (Å²) in [5, 5.41) is 9.09. The van der Waals surface area contributed by atoms with Crippen molar-refractivity contribution in [2.75, 3.05) is 6.54 Å². The van der Waals surface area contributed by atoms with E-state index in [-0.39, 0.29) is 12.1 Å². The number of aliphatic hydroxyl groups is 1. The molecule has 0 aromatic heterocycles. The van der Waals surface area contributed by atoms with E-state index in [0.717, 1.165) is 13.0 Å². The standard InChI is InChI=1S/C6H12NO/c1-5-6(8)3-4-7(5)2/h5-6,8H,2-4H2,1H3/q-1/t5-,6-/m0/s1. The minimum atomic E-state index is -0.146. The molecule has 1 aliphatic rings. The molecule has 2 atom stereocenters. The molecule has 0 aromatic carbocycles. The van der Waals surface area contributed by atoms with Crippen LogP contribution in [0.2, 0.25) is 0 Å². The van der Waals surface area contributed by atoms with E-state index in [1.807, 2.05) is 11.8 Å². The lowest BCUT2D eigenvalue weighted by Gasteiger charge is -2.24. The largest absolute Gasteiger partial charge is 0.455 e. The van der Waals surface area contributed by atoms with Crippen LogP contribution in [-0.4, -0.2) is 28.7 Å². The minimum absolute atomic E-state index is 0.146. The molecule has 0 unspecified atom stereocenters. The number of aliphatic hydroxyl groups excluding tert-OH is 1. The zero-order chi connectivity index (χ0) is 6.15. The SMILES string of the molecule is [CH2-]N1CC[C@H](O)[C@@H]1C. The van der Waals surface area contributed by atoms with Gasteiger partial charge in [0, 0.05) is 6.04 Å². The van der Waals surface area contributed by atoms with Crippen molar-refractivity contribution in [2.24, 2.45) is 0 Å². The highest BCUT2D eigenvalue weighted by Crippen LogP contribution is 2.14. The van der Waals surface area contributed by atoms with Crippen LogP contribution in [0.1, 0.15) is 13.3 Å². The smallest absolute Gasteiger partial charge is 0.0680 e. The van der Waals surface area contributed by atoms with E-state index in [4.69, 9.17) is 5.11 Å². The van der Waals surface area contributed by atoms with Crippen molar-refractivity contribution in [3.63, 3.8) is 0 Å².